The molecule has 2 heterocycles. The molecule has 2 aromatic rings. The van der Waals surface area contributed by atoms with Gasteiger partial charge in [-0.2, -0.15) is 0 Å². The highest BCUT2D eigenvalue weighted by molar-refractivity contribution is 6.30. The fourth-order valence-electron chi connectivity index (χ4n) is 2.15. The monoisotopic (exact) mass is 262 g/mol. The molecule has 1 saturated heterocycles. The highest BCUT2D eigenvalue weighted by Gasteiger charge is 2.29. The van der Waals surface area contributed by atoms with Crippen LogP contribution in [0.4, 0.5) is 0 Å². The minimum Gasteiger partial charge on any atom is -0.465 e. The van der Waals surface area contributed by atoms with E-state index in [9.17, 15) is 4.79 Å². The predicted octanol–water partition coefficient (Wildman–Crippen LogP) is 3.98. The van der Waals surface area contributed by atoms with Crippen LogP contribution in [0, 0.1) is 0 Å². The van der Waals surface area contributed by atoms with Gasteiger partial charge in [-0.05, 0) is 23.8 Å². The molecule has 1 fully saturated rings. The maximum Gasteiger partial charge on any atom is 0.306 e. The number of halogens is 1. The van der Waals surface area contributed by atoms with E-state index in [1.165, 1.54) is 0 Å². The number of benzene rings is 1. The van der Waals surface area contributed by atoms with E-state index in [4.69, 9.17) is 20.8 Å². The summed E-state index contributed by atoms with van der Waals surface area (Å²) in [5.74, 6) is 0.543. The van der Waals surface area contributed by atoms with Gasteiger partial charge in [0, 0.05) is 23.4 Å². The summed E-state index contributed by atoms with van der Waals surface area (Å²) in [6.45, 7) is 0. The van der Waals surface area contributed by atoms with E-state index in [2.05, 4.69) is 0 Å². The number of carbonyl (C=O) groups is 1. The van der Waals surface area contributed by atoms with E-state index in [1.54, 1.807) is 6.26 Å². The van der Waals surface area contributed by atoms with Crippen molar-refractivity contribution in [2.45, 2.75) is 18.9 Å². The summed E-state index contributed by atoms with van der Waals surface area (Å²) in [5.41, 5.74) is 1.96. The first kappa shape index (κ1) is 11.4. The van der Waals surface area contributed by atoms with Gasteiger partial charge in [0.15, 0.2) is 11.9 Å². The Kier molecular flexibility index (Phi) is 2.84. The first-order valence-electron chi connectivity index (χ1n) is 5.77. The summed E-state index contributed by atoms with van der Waals surface area (Å²) >= 11 is 5.87. The first-order valence-corrected chi connectivity index (χ1v) is 6.14. The molecular weight excluding hydrogens is 252 g/mol. The number of hydrogen-bond acceptors (Lipinski definition) is 3. The molecule has 92 valence electrons. The van der Waals surface area contributed by atoms with Crippen LogP contribution in [0.3, 0.4) is 0 Å². The SMILES string of the molecule is O=C1CCC(c2occc2-c2ccc(Cl)cc2)O1. The van der Waals surface area contributed by atoms with Crippen molar-refractivity contribution < 1.29 is 13.9 Å². The van der Waals surface area contributed by atoms with Gasteiger partial charge >= 0.3 is 5.97 Å². The van der Waals surface area contributed by atoms with Crippen molar-refractivity contribution in [3.8, 4) is 11.1 Å². The Labute approximate surface area is 109 Å². The number of esters is 1. The van der Waals surface area contributed by atoms with Crippen LogP contribution < -0.4 is 0 Å². The molecular formula is C14H11ClO3. The topological polar surface area (TPSA) is 39.4 Å². The fourth-order valence-corrected chi connectivity index (χ4v) is 2.27. The Morgan fingerprint density at radius 1 is 1.17 bits per heavy atom. The third kappa shape index (κ3) is 2.02. The zero-order valence-corrected chi connectivity index (χ0v) is 10.3. The van der Waals surface area contributed by atoms with Crippen LogP contribution in [0.15, 0.2) is 41.0 Å². The number of carbonyl (C=O) groups excluding carboxylic acids is 1. The number of ether oxygens (including phenoxy) is 1. The summed E-state index contributed by atoms with van der Waals surface area (Å²) in [4.78, 5) is 11.2. The average Bonchev–Trinajstić information content (AvgIpc) is 2.98. The smallest absolute Gasteiger partial charge is 0.306 e. The Hall–Kier alpha value is -1.74. The molecule has 0 spiro atoms. The minimum atomic E-state index is -0.266. The zero-order valence-electron chi connectivity index (χ0n) is 9.56. The summed E-state index contributed by atoms with van der Waals surface area (Å²) in [6, 6.07) is 9.38. The van der Waals surface area contributed by atoms with Crippen LogP contribution in [-0.4, -0.2) is 5.97 Å². The molecule has 0 N–H and O–H groups in total. The van der Waals surface area contributed by atoms with E-state index in [0.717, 1.165) is 11.1 Å². The van der Waals surface area contributed by atoms with Gasteiger partial charge in [0.1, 0.15) is 0 Å². The van der Waals surface area contributed by atoms with Crippen LogP contribution in [0.5, 0.6) is 0 Å². The molecule has 0 aliphatic carbocycles. The van der Waals surface area contributed by atoms with Gasteiger partial charge in [0.2, 0.25) is 0 Å². The van der Waals surface area contributed by atoms with Crippen molar-refractivity contribution in [1.29, 1.82) is 0 Å². The molecule has 1 atom stereocenters. The summed E-state index contributed by atoms with van der Waals surface area (Å²) in [5, 5.41) is 0.691. The first-order chi connectivity index (χ1) is 8.74. The molecule has 0 bridgehead atoms. The molecule has 0 amide bonds. The van der Waals surface area contributed by atoms with Crippen molar-refractivity contribution in [2.24, 2.45) is 0 Å². The van der Waals surface area contributed by atoms with Crippen LogP contribution in [0.2, 0.25) is 5.02 Å². The predicted molar refractivity (Wildman–Crippen MR) is 67.2 cm³/mol. The van der Waals surface area contributed by atoms with Gasteiger partial charge in [-0.3, -0.25) is 4.79 Å². The van der Waals surface area contributed by atoms with Gasteiger partial charge in [0.05, 0.1) is 6.26 Å². The highest BCUT2D eigenvalue weighted by Crippen LogP contribution is 2.37. The van der Waals surface area contributed by atoms with Crippen LogP contribution >= 0.6 is 11.6 Å². The van der Waals surface area contributed by atoms with E-state index in [-0.39, 0.29) is 12.1 Å². The third-order valence-electron chi connectivity index (χ3n) is 3.03. The standard InChI is InChI=1S/C14H11ClO3/c15-10-3-1-9(2-4-10)11-7-8-17-14(11)12-5-6-13(16)18-12/h1-4,7-8,12H,5-6H2. The van der Waals surface area contributed by atoms with E-state index in [1.807, 2.05) is 30.3 Å². The van der Waals surface area contributed by atoms with E-state index in [0.29, 0.717) is 23.6 Å². The van der Waals surface area contributed by atoms with E-state index < -0.39 is 0 Å². The van der Waals surface area contributed by atoms with Crippen LogP contribution in [0.1, 0.15) is 24.7 Å². The third-order valence-corrected chi connectivity index (χ3v) is 3.28. The van der Waals surface area contributed by atoms with Gasteiger partial charge in [-0.25, -0.2) is 0 Å². The van der Waals surface area contributed by atoms with Crippen molar-refractivity contribution in [3.63, 3.8) is 0 Å². The lowest BCUT2D eigenvalue weighted by Crippen LogP contribution is -1.98. The fraction of sp³-hybridized carbons (Fsp3) is 0.214. The lowest BCUT2D eigenvalue weighted by atomic mass is 10.0. The van der Waals surface area contributed by atoms with Crippen LogP contribution in [-0.2, 0) is 9.53 Å². The lowest BCUT2D eigenvalue weighted by Gasteiger charge is -2.09. The second-order valence-corrected chi connectivity index (χ2v) is 4.66. The Bertz CT molecular complexity index is 571. The molecule has 0 radical (unpaired) electrons. The largest absolute Gasteiger partial charge is 0.465 e. The Morgan fingerprint density at radius 3 is 2.61 bits per heavy atom. The number of rotatable bonds is 2. The normalized spacial score (nSPS) is 18.9. The number of cyclic esters (lactones) is 1. The Balaban J connectivity index is 1.96. The molecule has 18 heavy (non-hydrogen) atoms. The van der Waals surface area contributed by atoms with Crippen molar-refractivity contribution in [3.05, 3.63) is 47.4 Å². The molecule has 1 unspecified atom stereocenters. The van der Waals surface area contributed by atoms with Crippen molar-refractivity contribution in [1.82, 2.24) is 0 Å². The summed E-state index contributed by atoms with van der Waals surface area (Å²) in [7, 11) is 0. The molecule has 3 rings (SSSR count). The second-order valence-electron chi connectivity index (χ2n) is 4.22. The molecule has 4 heteroatoms. The average molecular weight is 263 g/mol. The van der Waals surface area contributed by atoms with Crippen LogP contribution in [0.25, 0.3) is 11.1 Å². The molecule has 1 aliphatic heterocycles. The van der Waals surface area contributed by atoms with Crippen molar-refractivity contribution in [2.75, 3.05) is 0 Å². The van der Waals surface area contributed by atoms with Crippen molar-refractivity contribution >= 4 is 17.6 Å². The summed E-state index contributed by atoms with van der Waals surface area (Å²) < 4.78 is 10.7. The second kappa shape index (κ2) is 4.50. The molecule has 1 aromatic heterocycles. The Morgan fingerprint density at radius 2 is 1.94 bits per heavy atom. The quantitative estimate of drug-likeness (QED) is 0.769. The van der Waals surface area contributed by atoms with Gasteiger partial charge in [0.25, 0.3) is 0 Å². The van der Waals surface area contributed by atoms with Gasteiger partial charge in [-0.15, -0.1) is 0 Å². The van der Waals surface area contributed by atoms with E-state index >= 15 is 0 Å². The summed E-state index contributed by atoms with van der Waals surface area (Å²) in [6.07, 6.45) is 2.47. The zero-order chi connectivity index (χ0) is 12.5. The number of hydrogen-bond donors (Lipinski definition) is 0. The molecule has 1 aromatic carbocycles. The minimum absolute atomic E-state index is 0.168. The highest BCUT2D eigenvalue weighted by atomic mass is 35.5. The maximum absolute atomic E-state index is 11.2. The lowest BCUT2D eigenvalue weighted by molar-refractivity contribution is -0.142. The van der Waals surface area contributed by atoms with Gasteiger partial charge < -0.3 is 9.15 Å². The molecule has 3 nitrogen and oxygen atoms in total. The molecule has 0 saturated carbocycles. The molecule has 1 aliphatic rings. The van der Waals surface area contributed by atoms with Gasteiger partial charge in [-0.1, -0.05) is 23.7 Å². The number of furan rings is 1. The maximum atomic E-state index is 11.2.